The number of hydrogen-bond acceptors (Lipinski definition) is 8. The monoisotopic (exact) mass is 457 g/mol. The molecular formula is C25H29O8. The van der Waals surface area contributed by atoms with Crippen molar-refractivity contribution in [3.05, 3.63) is 66.2 Å². The molecular weight excluding hydrogens is 428 g/mol. The van der Waals surface area contributed by atoms with Crippen molar-refractivity contribution in [3.8, 4) is 0 Å². The fraction of sp³-hybridized carbons (Fsp3) is 0.400. The lowest BCUT2D eigenvalue weighted by Crippen LogP contribution is -2.54. The molecule has 33 heavy (non-hydrogen) atoms. The first-order valence-electron chi connectivity index (χ1n) is 10.3. The Labute approximate surface area is 193 Å². The molecule has 0 aromatic carbocycles. The Kier molecular flexibility index (Phi) is 8.33. The molecule has 8 nitrogen and oxygen atoms in total. The van der Waals surface area contributed by atoms with Gasteiger partial charge in [-0.15, -0.1) is 0 Å². The first-order chi connectivity index (χ1) is 15.3. The maximum atomic E-state index is 12.5. The van der Waals surface area contributed by atoms with Gasteiger partial charge in [0.2, 0.25) is 0 Å². The number of hydrogen-bond donors (Lipinski definition) is 0. The molecule has 4 atom stereocenters. The number of carbonyl (C=O) groups excluding carboxylic acids is 4. The van der Waals surface area contributed by atoms with Crippen molar-refractivity contribution in [2.75, 3.05) is 13.2 Å². The molecule has 1 aliphatic carbocycles. The Morgan fingerprint density at radius 1 is 0.879 bits per heavy atom. The third kappa shape index (κ3) is 6.38. The average molecular weight is 457 g/mol. The summed E-state index contributed by atoms with van der Waals surface area (Å²) in [6, 6.07) is 0. The van der Waals surface area contributed by atoms with Gasteiger partial charge in [0.15, 0.2) is 18.0 Å². The van der Waals surface area contributed by atoms with Gasteiger partial charge in [-0.3, -0.25) is 4.79 Å². The molecule has 1 fully saturated rings. The zero-order valence-electron chi connectivity index (χ0n) is 19.4. The van der Waals surface area contributed by atoms with Crippen LogP contribution in [0.4, 0.5) is 0 Å². The van der Waals surface area contributed by atoms with Crippen molar-refractivity contribution in [1.82, 2.24) is 0 Å². The highest BCUT2D eigenvalue weighted by atomic mass is 16.6. The van der Waals surface area contributed by atoms with Crippen molar-refractivity contribution in [1.29, 1.82) is 0 Å². The van der Waals surface area contributed by atoms with E-state index in [-0.39, 0.29) is 35.7 Å². The van der Waals surface area contributed by atoms with Crippen molar-refractivity contribution in [2.24, 2.45) is 5.92 Å². The second kappa shape index (κ2) is 10.6. The molecule has 2 aliphatic rings. The zero-order chi connectivity index (χ0) is 25.0. The van der Waals surface area contributed by atoms with Crippen LogP contribution in [0.1, 0.15) is 27.7 Å². The summed E-state index contributed by atoms with van der Waals surface area (Å²) in [5, 5.41) is 0. The van der Waals surface area contributed by atoms with Crippen LogP contribution in [0.15, 0.2) is 59.8 Å². The average Bonchev–Trinajstić information content (AvgIpc) is 3.52. The van der Waals surface area contributed by atoms with Gasteiger partial charge in [-0.1, -0.05) is 26.3 Å². The quantitative estimate of drug-likeness (QED) is 0.280. The maximum Gasteiger partial charge on any atom is 0.333 e. The second-order valence-electron chi connectivity index (χ2n) is 8.27. The molecule has 2 rings (SSSR count). The van der Waals surface area contributed by atoms with Crippen LogP contribution in [0.2, 0.25) is 0 Å². The molecule has 0 aromatic rings. The Bertz CT molecular complexity index is 967. The van der Waals surface area contributed by atoms with Gasteiger partial charge in [0.25, 0.3) is 0 Å². The minimum Gasteiger partial charge on any atom is -0.460 e. The van der Waals surface area contributed by atoms with Crippen LogP contribution in [-0.4, -0.2) is 55.2 Å². The highest BCUT2D eigenvalue weighted by Crippen LogP contribution is 2.45. The Balaban J connectivity index is 2.44. The minimum atomic E-state index is -1.03. The smallest absolute Gasteiger partial charge is 0.333 e. The van der Waals surface area contributed by atoms with Gasteiger partial charge in [-0.05, 0) is 38.8 Å². The van der Waals surface area contributed by atoms with Crippen LogP contribution in [0, 0.1) is 12.3 Å². The van der Waals surface area contributed by atoms with E-state index in [4.69, 9.17) is 18.9 Å². The number of rotatable bonds is 10. The SMILES string of the molecule is C=C(C)C(=O)OCC1OC[C@@H](OC(=O)C(=C)C)[C@@H](OC(=O)C(=C)C)[C@@H]1C1=C(C(=O)C(=C)C)[CH]1. The molecule has 1 heterocycles. The number of Topliss-reactive ketones (excluding diaryl/α,β-unsaturated/α-hetero) is 1. The van der Waals surface area contributed by atoms with E-state index in [1.165, 1.54) is 20.8 Å². The fourth-order valence-electron chi connectivity index (χ4n) is 3.20. The van der Waals surface area contributed by atoms with E-state index in [1.807, 2.05) is 0 Å². The molecule has 1 radical (unpaired) electrons. The summed E-state index contributed by atoms with van der Waals surface area (Å²) in [6.07, 6.45) is -1.17. The standard InChI is InChI=1S/C25H29O8/c1-12(2)21(26)17-9-16(17)20-18(10-31-23(27)13(3)4)30-11-19(32-24(28)14(5)6)22(20)33-25(29)15(7)8/h9,18-20,22H,1,3,5,7,10-11H2,2,4,6,8H3/t18?,19-,20-,22-/m1/s1. The van der Waals surface area contributed by atoms with Gasteiger partial charge < -0.3 is 18.9 Å². The van der Waals surface area contributed by atoms with Crippen LogP contribution in [-0.2, 0) is 38.1 Å². The van der Waals surface area contributed by atoms with Crippen molar-refractivity contribution in [3.63, 3.8) is 0 Å². The van der Waals surface area contributed by atoms with Crippen molar-refractivity contribution >= 4 is 23.7 Å². The number of ether oxygens (including phenoxy) is 4. The lowest BCUT2D eigenvalue weighted by atomic mass is 9.86. The summed E-state index contributed by atoms with van der Waals surface area (Å²) in [5.41, 5.74) is 1.78. The Hall–Kier alpha value is -3.26. The van der Waals surface area contributed by atoms with E-state index in [2.05, 4.69) is 26.3 Å². The van der Waals surface area contributed by atoms with Gasteiger partial charge in [0, 0.05) is 28.7 Å². The fourth-order valence-corrected chi connectivity index (χ4v) is 3.20. The van der Waals surface area contributed by atoms with E-state index >= 15 is 0 Å². The van der Waals surface area contributed by atoms with Gasteiger partial charge >= 0.3 is 17.9 Å². The van der Waals surface area contributed by atoms with E-state index in [0.29, 0.717) is 16.7 Å². The van der Waals surface area contributed by atoms with E-state index in [9.17, 15) is 19.2 Å². The third-order valence-corrected chi connectivity index (χ3v) is 5.04. The van der Waals surface area contributed by atoms with Gasteiger partial charge in [-0.25, -0.2) is 14.4 Å². The predicted octanol–water partition coefficient (Wildman–Crippen LogP) is 2.76. The van der Waals surface area contributed by atoms with E-state index in [1.54, 1.807) is 13.3 Å². The number of ketones is 1. The Morgan fingerprint density at radius 2 is 1.42 bits per heavy atom. The van der Waals surface area contributed by atoms with Gasteiger partial charge in [-0.2, -0.15) is 0 Å². The molecule has 8 heteroatoms. The molecule has 0 N–H and O–H groups in total. The van der Waals surface area contributed by atoms with Crippen molar-refractivity contribution < 1.29 is 38.1 Å². The minimum absolute atomic E-state index is 0.129. The Morgan fingerprint density at radius 3 is 1.94 bits per heavy atom. The van der Waals surface area contributed by atoms with Crippen LogP contribution in [0.25, 0.3) is 0 Å². The highest BCUT2D eigenvalue weighted by molar-refractivity contribution is 6.14. The number of carbonyl (C=O) groups is 4. The molecule has 1 unspecified atom stereocenters. The zero-order valence-corrected chi connectivity index (χ0v) is 19.4. The highest BCUT2D eigenvalue weighted by Gasteiger charge is 2.51. The topological polar surface area (TPSA) is 105 Å². The summed E-state index contributed by atoms with van der Waals surface area (Å²) < 4.78 is 22.3. The molecule has 0 spiro atoms. The summed E-state index contributed by atoms with van der Waals surface area (Å²) in [6.45, 7) is 20.1. The first kappa shape index (κ1) is 26.0. The summed E-state index contributed by atoms with van der Waals surface area (Å²) in [4.78, 5) is 49.0. The molecule has 0 aromatic heterocycles. The molecule has 1 aliphatic heterocycles. The second-order valence-corrected chi connectivity index (χ2v) is 8.27. The van der Waals surface area contributed by atoms with Crippen LogP contribution < -0.4 is 0 Å². The summed E-state index contributed by atoms with van der Waals surface area (Å²) in [5.74, 6) is -3.02. The van der Waals surface area contributed by atoms with Crippen molar-refractivity contribution in [2.45, 2.75) is 46.0 Å². The lowest BCUT2D eigenvalue weighted by Gasteiger charge is -2.40. The summed E-state index contributed by atoms with van der Waals surface area (Å²) in [7, 11) is 0. The van der Waals surface area contributed by atoms with E-state index < -0.39 is 42.1 Å². The molecule has 177 valence electrons. The molecule has 0 saturated carbocycles. The molecule has 1 saturated heterocycles. The maximum absolute atomic E-state index is 12.5. The number of allylic oxidation sites excluding steroid dienone is 2. The largest absolute Gasteiger partial charge is 0.460 e. The van der Waals surface area contributed by atoms with Crippen LogP contribution in [0.3, 0.4) is 0 Å². The summed E-state index contributed by atoms with van der Waals surface area (Å²) >= 11 is 0. The molecule has 0 amide bonds. The predicted molar refractivity (Wildman–Crippen MR) is 120 cm³/mol. The third-order valence-electron chi connectivity index (χ3n) is 5.04. The molecule has 0 bridgehead atoms. The number of esters is 3. The van der Waals surface area contributed by atoms with Gasteiger partial charge in [0.05, 0.1) is 12.5 Å². The van der Waals surface area contributed by atoms with Gasteiger partial charge in [0.1, 0.15) is 12.7 Å². The lowest BCUT2D eigenvalue weighted by molar-refractivity contribution is -0.201. The van der Waals surface area contributed by atoms with Crippen LogP contribution >= 0.6 is 0 Å². The van der Waals surface area contributed by atoms with E-state index in [0.717, 1.165) is 0 Å². The first-order valence-corrected chi connectivity index (χ1v) is 10.3. The van der Waals surface area contributed by atoms with Crippen LogP contribution in [0.5, 0.6) is 0 Å². The normalized spacial score (nSPS) is 23.8.